The molecule has 0 saturated heterocycles. The van der Waals surface area contributed by atoms with E-state index < -0.39 is 35.5 Å². The van der Waals surface area contributed by atoms with Gasteiger partial charge in [0.1, 0.15) is 11.8 Å². The van der Waals surface area contributed by atoms with Crippen molar-refractivity contribution in [2.45, 2.75) is 25.9 Å². The number of amides is 1. The number of carbonyl (C=O) groups is 2. The Hall–Kier alpha value is -4.17. The molecule has 2 N–H and O–H groups in total. The number of nitrogens with one attached hydrogen (secondary N) is 2. The molecule has 2 aromatic carbocycles. The van der Waals surface area contributed by atoms with Crippen LogP contribution in [0.3, 0.4) is 0 Å². The molecule has 1 heterocycles. The zero-order chi connectivity index (χ0) is 28.0. The van der Waals surface area contributed by atoms with Gasteiger partial charge in [0.15, 0.2) is 0 Å². The fraction of sp³-hybridized carbons (Fsp3) is 0.333. The first-order valence-electron chi connectivity index (χ1n) is 11.8. The molecule has 0 radical (unpaired) electrons. The first kappa shape index (κ1) is 28.4. The minimum Gasteiger partial charge on any atom is -0.463 e. The number of nitriles is 1. The second kappa shape index (κ2) is 11.9. The number of allylic oxidation sites excluding steroid dienone is 1. The van der Waals surface area contributed by atoms with Gasteiger partial charge in [-0.3, -0.25) is 10.2 Å². The van der Waals surface area contributed by atoms with Gasteiger partial charge in [-0.25, -0.2) is 4.79 Å². The van der Waals surface area contributed by atoms with E-state index in [4.69, 9.17) is 14.9 Å². The molecule has 2 atom stereocenters. The van der Waals surface area contributed by atoms with Crippen molar-refractivity contribution < 1.29 is 32.2 Å². The van der Waals surface area contributed by atoms with Crippen molar-refractivity contribution in [2.75, 3.05) is 31.8 Å². The van der Waals surface area contributed by atoms with Gasteiger partial charge in [-0.1, -0.05) is 18.2 Å². The number of carbonyl (C=O) groups excluding carboxylic acids is 2. The number of nitrogens with zero attached hydrogens (tertiary/aromatic N) is 2. The fourth-order valence-electron chi connectivity index (χ4n) is 4.41. The van der Waals surface area contributed by atoms with E-state index in [0.717, 1.165) is 12.1 Å². The van der Waals surface area contributed by atoms with E-state index in [0.29, 0.717) is 11.1 Å². The third-order valence-electron chi connectivity index (χ3n) is 6.12. The lowest BCUT2D eigenvalue weighted by atomic mass is 9.75. The number of hydrogen-bond donors (Lipinski definition) is 2. The molecule has 3 rings (SSSR count). The summed E-state index contributed by atoms with van der Waals surface area (Å²) < 4.78 is 50.8. The Kier molecular flexibility index (Phi) is 8.91. The molecular weight excluding hydrogens is 501 g/mol. The molecule has 1 aliphatic rings. The highest BCUT2D eigenvalue weighted by Crippen LogP contribution is 2.44. The smallest absolute Gasteiger partial charge is 0.416 e. The van der Waals surface area contributed by atoms with Crippen LogP contribution in [-0.4, -0.2) is 44.6 Å². The van der Waals surface area contributed by atoms with E-state index in [-0.39, 0.29) is 42.6 Å². The van der Waals surface area contributed by atoms with Gasteiger partial charge in [-0.2, -0.15) is 18.4 Å². The highest BCUT2D eigenvalue weighted by atomic mass is 19.4. The van der Waals surface area contributed by atoms with Gasteiger partial charge in [0, 0.05) is 31.0 Å². The van der Waals surface area contributed by atoms with Crippen LogP contribution in [0.25, 0.3) is 0 Å². The van der Waals surface area contributed by atoms with Crippen molar-refractivity contribution >= 4 is 23.4 Å². The maximum atomic E-state index is 13.5. The lowest BCUT2D eigenvalue weighted by Gasteiger charge is -2.41. The van der Waals surface area contributed by atoms with Crippen LogP contribution >= 0.6 is 0 Å². The molecule has 0 spiro atoms. The van der Waals surface area contributed by atoms with Crippen LogP contribution in [0.15, 0.2) is 59.8 Å². The summed E-state index contributed by atoms with van der Waals surface area (Å²) in [6.45, 7) is 3.41. The Morgan fingerprint density at radius 3 is 2.45 bits per heavy atom. The number of anilines is 1. The molecule has 1 aliphatic heterocycles. The zero-order valence-electron chi connectivity index (χ0n) is 21.1. The molecule has 2 aromatic rings. The monoisotopic (exact) mass is 528 g/mol. The van der Waals surface area contributed by atoms with E-state index in [1.807, 2.05) is 6.07 Å². The number of alkyl halides is 3. The van der Waals surface area contributed by atoms with E-state index in [9.17, 15) is 28.0 Å². The maximum Gasteiger partial charge on any atom is 0.416 e. The third-order valence-corrected chi connectivity index (χ3v) is 6.12. The number of halogens is 3. The molecule has 38 heavy (non-hydrogen) atoms. The average molecular weight is 529 g/mol. The molecule has 0 fully saturated rings. The molecule has 0 aromatic heterocycles. The lowest BCUT2D eigenvalue weighted by Crippen LogP contribution is -2.51. The van der Waals surface area contributed by atoms with E-state index in [1.165, 1.54) is 43.2 Å². The van der Waals surface area contributed by atoms with Gasteiger partial charge in [-0.15, -0.1) is 0 Å². The number of esters is 1. The number of ether oxygens (including phenoxy) is 2. The zero-order valence-corrected chi connectivity index (χ0v) is 21.1. The van der Waals surface area contributed by atoms with Crippen LogP contribution < -0.4 is 10.2 Å². The van der Waals surface area contributed by atoms with Gasteiger partial charge in [0.05, 0.1) is 36.0 Å². The molecule has 0 saturated carbocycles. The first-order chi connectivity index (χ1) is 18.0. The van der Waals surface area contributed by atoms with Crippen molar-refractivity contribution in [1.29, 1.82) is 10.7 Å². The van der Waals surface area contributed by atoms with Crippen molar-refractivity contribution in [1.82, 2.24) is 5.32 Å². The first-order valence-corrected chi connectivity index (χ1v) is 11.8. The van der Waals surface area contributed by atoms with Crippen LogP contribution in [0.4, 0.5) is 18.9 Å². The van der Waals surface area contributed by atoms with Gasteiger partial charge >= 0.3 is 12.1 Å². The van der Waals surface area contributed by atoms with E-state index >= 15 is 0 Å². The summed E-state index contributed by atoms with van der Waals surface area (Å²) in [7, 11) is 1.45. The second-order valence-corrected chi connectivity index (χ2v) is 8.46. The molecular formula is C27H27F3N4O4. The number of hydrogen-bond acceptors (Lipinski definition) is 6. The standard InChI is InChI=1S/C27H27F3N4O4/c1-4-38-26(36)21-16(2)34(20-7-5-6-19(14-20)27(28,29)30)24(32)23(25(35)33-12-13-37-3)22(21)18-10-8-17(15-31)9-11-18/h5-11,14,22-23,32H,4,12-13H2,1-3H3,(H,33,35). The number of amidine groups is 1. The summed E-state index contributed by atoms with van der Waals surface area (Å²) >= 11 is 0. The van der Waals surface area contributed by atoms with Gasteiger partial charge in [0.25, 0.3) is 0 Å². The summed E-state index contributed by atoms with van der Waals surface area (Å²) in [5.41, 5.74) is 0.0251. The Balaban J connectivity index is 2.27. The maximum absolute atomic E-state index is 13.5. The Morgan fingerprint density at radius 1 is 1.18 bits per heavy atom. The topological polar surface area (TPSA) is 116 Å². The van der Waals surface area contributed by atoms with Crippen molar-refractivity contribution in [2.24, 2.45) is 5.92 Å². The summed E-state index contributed by atoms with van der Waals surface area (Å²) in [5.74, 6) is -4.01. The van der Waals surface area contributed by atoms with Crippen molar-refractivity contribution in [3.8, 4) is 6.07 Å². The largest absolute Gasteiger partial charge is 0.463 e. The Morgan fingerprint density at radius 2 is 1.87 bits per heavy atom. The molecule has 0 bridgehead atoms. The van der Waals surface area contributed by atoms with Gasteiger partial charge in [0.2, 0.25) is 5.91 Å². The van der Waals surface area contributed by atoms with E-state index in [2.05, 4.69) is 5.32 Å². The normalized spacial score (nSPS) is 17.7. The minimum absolute atomic E-state index is 0.0153. The van der Waals surface area contributed by atoms with Crippen LogP contribution in [0, 0.1) is 22.7 Å². The Bertz CT molecular complexity index is 1280. The summed E-state index contributed by atoms with van der Waals surface area (Å²) in [4.78, 5) is 27.9. The quantitative estimate of drug-likeness (QED) is 0.388. The van der Waals surface area contributed by atoms with Crippen molar-refractivity contribution in [3.63, 3.8) is 0 Å². The molecule has 2 unspecified atom stereocenters. The molecule has 200 valence electrons. The third kappa shape index (κ3) is 5.86. The molecule has 1 amide bonds. The number of methoxy groups -OCH3 is 1. The highest BCUT2D eigenvalue weighted by Gasteiger charge is 2.46. The lowest BCUT2D eigenvalue weighted by molar-refractivity contribution is -0.139. The summed E-state index contributed by atoms with van der Waals surface area (Å²) in [5, 5.41) is 20.9. The summed E-state index contributed by atoms with van der Waals surface area (Å²) in [6, 6.07) is 12.5. The fourth-order valence-corrected chi connectivity index (χ4v) is 4.41. The molecule has 8 nitrogen and oxygen atoms in total. The SMILES string of the molecule is CCOC(=O)C1=C(C)N(c2cccc(C(F)(F)F)c2)C(=N)C(C(=O)NCCOC)C1c1ccc(C#N)cc1. The molecule has 11 heteroatoms. The van der Waals surface area contributed by atoms with Gasteiger partial charge in [-0.05, 0) is 49.7 Å². The van der Waals surface area contributed by atoms with Gasteiger partial charge < -0.3 is 19.7 Å². The highest BCUT2D eigenvalue weighted by molar-refractivity contribution is 6.15. The van der Waals surface area contributed by atoms with Crippen LogP contribution in [0.5, 0.6) is 0 Å². The average Bonchev–Trinajstić information content (AvgIpc) is 2.88. The van der Waals surface area contributed by atoms with Crippen LogP contribution in [0.2, 0.25) is 0 Å². The predicted molar refractivity (Wildman–Crippen MR) is 133 cm³/mol. The summed E-state index contributed by atoms with van der Waals surface area (Å²) in [6.07, 6.45) is -4.64. The minimum atomic E-state index is -4.64. The van der Waals surface area contributed by atoms with E-state index in [1.54, 1.807) is 19.1 Å². The number of rotatable bonds is 8. The van der Waals surface area contributed by atoms with Crippen LogP contribution in [-0.2, 0) is 25.2 Å². The predicted octanol–water partition coefficient (Wildman–Crippen LogP) is 4.37. The molecule has 0 aliphatic carbocycles. The van der Waals surface area contributed by atoms with Crippen molar-refractivity contribution in [3.05, 3.63) is 76.5 Å². The number of benzene rings is 2. The Labute approximate surface area is 218 Å². The van der Waals surface area contributed by atoms with Crippen LogP contribution in [0.1, 0.15) is 36.5 Å². The second-order valence-electron chi connectivity index (χ2n) is 8.46.